The third-order valence-corrected chi connectivity index (χ3v) is 5.85. The second kappa shape index (κ2) is 11.0. The molecule has 0 aliphatic carbocycles. The summed E-state index contributed by atoms with van der Waals surface area (Å²) >= 11 is 0. The molecule has 1 fully saturated rings. The summed E-state index contributed by atoms with van der Waals surface area (Å²) in [5, 5.41) is 4.29. The molecule has 0 saturated carbocycles. The Hall–Kier alpha value is -4.21. The Morgan fingerprint density at radius 1 is 1.03 bits per heavy atom. The Labute approximate surface area is 208 Å². The Bertz CT molecular complexity index is 1250. The molecule has 1 aliphatic heterocycles. The van der Waals surface area contributed by atoms with E-state index in [0.29, 0.717) is 37.4 Å². The largest absolute Gasteiger partial charge is 0.480 e. The summed E-state index contributed by atoms with van der Waals surface area (Å²) < 4.78 is 26.8. The van der Waals surface area contributed by atoms with Crippen LogP contribution in [0.1, 0.15) is 34.7 Å². The van der Waals surface area contributed by atoms with Crippen molar-refractivity contribution in [3.05, 3.63) is 71.8 Å². The molecule has 10 heteroatoms. The van der Waals surface area contributed by atoms with Gasteiger partial charge in [0.2, 0.25) is 5.69 Å². The van der Waals surface area contributed by atoms with Gasteiger partial charge in [-0.2, -0.15) is 5.10 Å². The topological polar surface area (TPSA) is 94.0 Å². The van der Waals surface area contributed by atoms with Crippen molar-refractivity contribution in [3.63, 3.8) is 0 Å². The maximum Gasteiger partial charge on any atom is 0.362 e. The summed E-state index contributed by atoms with van der Waals surface area (Å²) in [6.07, 6.45) is 1.54. The number of amides is 1. The van der Waals surface area contributed by atoms with Crippen LogP contribution in [0.25, 0.3) is 5.69 Å². The lowest BCUT2D eigenvalue weighted by Gasteiger charge is -2.36. The van der Waals surface area contributed by atoms with Crippen molar-refractivity contribution in [3.8, 4) is 11.4 Å². The van der Waals surface area contributed by atoms with Crippen molar-refractivity contribution >= 4 is 23.3 Å². The molecule has 0 unspecified atom stereocenters. The standard InChI is InChI=1S/C26H27FN4O5/c1-3-35-26(34)25-23(16-31(28-25)20-7-5-4-6-8-20)36-17-24(33)30-13-11-29(12-14-30)22-10-9-19(18(2)32)15-21(22)27/h4-10,15-16H,3,11-14,17H2,1-2H3. The number of ether oxygens (including phenoxy) is 2. The van der Waals surface area contributed by atoms with E-state index >= 15 is 0 Å². The van der Waals surface area contributed by atoms with E-state index in [9.17, 15) is 18.8 Å². The van der Waals surface area contributed by atoms with Crippen LogP contribution in [0.5, 0.6) is 5.75 Å². The number of benzene rings is 2. The maximum absolute atomic E-state index is 14.5. The first-order valence-electron chi connectivity index (χ1n) is 11.7. The van der Waals surface area contributed by atoms with E-state index in [1.54, 1.807) is 30.2 Å². The number of esters is 1. The number of anilines is 1. The number of halogens is 1. The molecule has 0 radical (unpaired) electrons. The molecule has 0 bridgehead atoms. The molecule has 1 saturated heterocycles. The average molecular weight is 495 g/mol. The number of nitrogens with zero attached hydrogens (tertiary/aromatic N) is 4. The summed E-state index contributed by atoms with van der Waals surface area (Å²) in [5.74, 6) is -1.41. The Morgan fingerprint density at radius 2 is 1.75 bits per heavy atom. The monoisotopic (exact) mass is 494 g/mol. The van der Waals surface area contributed by atoms with Crippen molar-refractivity contribution < 1.29 is 28.2 Å². The number of Topliss-reactive ketones (excluding diaryl/α,β-unsaturated/α-hetero) is 1. The lowest BCUT2D eigenvalue weighted by atomic mass is 10.1. The average Bonchev–Trinajstić information content (AvgIpc) is 3.32. The summed E-state index contributed by atoms with van der Waals surface area (Å²) in [6.45, 7) is 4.60. The fourth-order valence-corrected chi connectivity index (χ4v) is 3.93. The minimum Gasteiger partial charge on any atom is -0.480 e. The van der Waals surface area contributed by atoms with Crippen molar-refractivity contribution in [2.45, 2.75) is 13.8 Å². The van der Waals surface area contributed by atoms with E-state index in [0.717, 1.165) is 5.69 Å². The molecule has 2 heterocycles. The van der Waals surface area contributed by atoms with E-state index in [4.69, 9.17) is 9.47 Å². The molecule has 36 heavy (non-hydrogen) atoms. The van der Waals surface area contributed by atoms with Crippen LogP contribution in [0.3, 0.4) is 0 Å². The van der Waals surface area contributed by atoms with Crippen LogP contribution in [0.15, 0.2) is 54.7 Å². The SMILES string of the molecule is CCOC(=O)c1nn(-c2ccccc2)cc1OCC(=O)N1CCN(c2ccc(C(C)=O)cc2F)CC1. The van der Waals surface area contributed by atoms with Crippen molar-refractivity contribution in [2.24, 2.45) is 0 Å². The van der Waals surface area contributed by atoms with Gasteiger partial charge >= 0.3 is 5.97 Å². The summed E-state index contributed by atoms with van der Waals surface area (Å²) in [7, 11) is 0. The van der Waals surface area contributed by atoms with Crippen LogP contribution >= 0.6 is 0 Å². The molecular weight excluding hydrogens is 467 g/mol. The van der Waals surface area contributed by atoms with Gasteiger partial charge in [-0.15, -0.1) is 0 Å². The van der Waals surface area contributed by atoms with Crippen LogP contribution in [0.2, 0.25) is 0 Å². The highest BCUT2D eigenvalue weighted by molar-refractivity contribution is 5.94. The zero-order valence-electron chi connectivity index (χ0n) is 20.1. The lowest BCUT2D eigenvalue weighted by molar-refractivity contribution is -0.133. The van der Waals surface area contributed by atoms with Gasteiger partial charge in [-0.05, 0) is 44.2 Å². The summed E-state index contributed by atoms with van der Waals surface area (Å²) in [4.78, 5) is 40.1. The second-order valence-corrected chi connectivity index (χ2v) is 8.22. The Kier molecular flexibility index (Phi) is 7.62. The highest BCUT2D eigenvalue weighted by Gasteiger charge is 2.25. The Morgan fingerprint density at radius 3 is 2.39 bits per heavy atom. The highest BCUT2D eigenvalue weighted by Crippen LogP contribution is 2.23. The van der Waals surface area contributed by atoms with E-state index < -0.39 is 11.8 Å². The highest BCUT2D eigenvalue weighted by atomic mass is 19.1. The summed E-state index contributed by atoms with van der Waals surface area (Å²) in [6, 6.07) is 13.6. The molecule has 1 aliphatic rings. The number of hydrogen-bond acceptors (Lipinski definition) is 7. The number of aromatic nitrogens is 2. The minimum absolute atomic E-state index is 0.0113. The molecule has 1 amide bonds. The zero-order valence-corrected chi connectivity index (χ0v) is 20.1. The normalized spacial score (nSPS) is 13.4. The van der Waals surface area contributed by atoms with E-state index in [1.165, 1.54) is 17.7 Å². The lowest BCUT2D eigenvalue weighted by Crippen LogP contribution is -2.50. The van der Waals surface area contributed by atoms with Crippen LogP contribution in [-0.4, -0.2) is 71.7 Å². The quantitative estimate of drug-likeness (QED) is 0.351. The molecule has 3 aromatic rings. The number of carbonyl (C=O) groups is 3. The van der Waals surface area contributed by atoms with Gasteiger partial charge < -0.3 is 19.3 Å². The maximum atomic E-state index is 14.5. The first-order chi connectivity index (χ1) is 17.4. The van der Waals surface area contributed by atoms with Gasteiger partial charge in [0.1, 0.15) is 5.82 Å². The van der Waals surface area contributed by atoms with Gasteiger partial charge in [0.05, 0.1) is 24.2 Å². The third kappa shape index (κ3) is 5.54. The van der Waals surface area contributed by atoms with Crippen LogP contribution in [-0.2, 0) is 9.53 Å². The number of piperazine rings is 1. The van der Waals surface area contributed by atoms with E-state index in [2.05, 4.69) is 5.10 Å². The third-order valence-electron chi connectivity index (χ3n) is 5.85. The molecule has 0 N–H and O–H groups in total. The molecule has 4 rings (SSSR count). The predicted molar refractivity (Wildman–Crippen MR) is 130 cm³/mol. The predicted octanol–water partition coefficient (Wildman–Crippen LogP) is 3.12. The fraction of sp³-hybridized carbons (Fsp3) is 0.308. The molecule has 9 nitrogen and oxygen atoms in total. The number of hydrogen-bond donors (Lipinski definition) is 0. The molecule has 188 valence electrons. The Balaban J connectivity index is 1.39. The molecule has 2 aromatic carbocycles. The molecule has 0 atom stereocenters. The van der Waals surface area contributed by atoms with Crippen LogP contribution in [0, 0.1) is 5.82 Å². The van der Waals surface area contributed by atoms with Crippen molar-refractivity contribution in [1.29, 1.82) is 0 Å². The van der Waals surface area contributed by atoms with Crippen LogP contribution < -0.4 is 9.64 Å². The van der Waals surface area contributed by atoms with Gasteiger partial charge in [0.25, 0.3) is 5.91 Å². The minimum atomic E-state index is -0.638. The summed E-state index contributed by atoms with van der Waals surface area (Å²) in [5.41, 5.74) is 1.43. The first kappa shape index (κ1) is 24.9. The number of rotatable bonds is 8. The first-order valence-corrected chi connectivity index (χ1v) is 11.7. The van der Waals surface area contributed by atoms with Gasteiger partial charge in [-0.3, -0.25) is 9.59 Å². The second-order valence-electron chi connectivity index (χ2n) is 8.22. The van der Waals surface area contributed by atoms with Gasteiger partial charge in [-0.1, -0.05) is 18.2 Å². The van der Waals surface area contributed by atoms with Crippen molar-refractivity contribution in [1.82, 2.24) is 14.7 Å². The zero-order chi connectivity index (χ0) is 25.7. The fourth-order valence-electron chi connectivity index (χ4n) is 3.93. The van der Waals surface area contributed by atoms with Gasteiger partial charge in [-0.25, -0.2) is 13.9 Å². The van der Waals surface area contributed by atoms with E-state index in [-0.39, 0.29) is 36.3 Å². The van der Waals surface area contributed by atoms with Crippen LogP contribution in [0.4, 0.5) is 10.1 Å². The van der Waals surface area contributed by atoms with Crippen molar-refractivity contribution in [2.75, 3.05) is 44.3 Å². The van der Waals surface area contributed by atoms with Gasteiger partial charge in [0.15, 0.2) is 18.1 Å². The smallest absolute Gasteiger partial charge is 0.362 e. The molecule has 0 spiro atoms. The number of ketones is 1. The van der Waals surface area contributed by atoms with E-state index in [1.807, 2.05) is 35.2 Å². The molecular formula is C26H27FN4O5. The molecule has 1 aromatic heterocycles. The number of carbonyl (C=O) groups excluding carboxylic acids is 3. The van der Waals surface area contributed by atoms with Gasteiger partial charge in [0, 0.05) is 31.7 Å². The number of para-hydroxylation sites is 1.